The molecule has 25 heavy (non-hydrogen) atoms. The average Bonchev–Trinajstić information content (AvgIpc) is 2.58. The Bertz CT molecular complexity index is 716. The van der Waals surface area contributed by atoms with Gasteiger partial charge < -0.3 is 14.4 Å². The number of ether oxygens (including phenoxy) is 2. The quantitative estimate of drug-likeness (QED) is 0.773. The van der Waals surface area contributed by atoms with Crippen LogP contribution < -0.4 is 4.90 Å². The second kappa shape index (κ2) is 7.12. The van der Waals surface area contributed by atoms with Gasteiger partial charge in [-0.25, -0.2) is 14.6 Å². The smallest absolute Gasteiger partial charge is 0.420 e. The van der Waals surface area contributed by atoms with Gasteiger partial charge in [0.1, 0.15) is 11.4 Å². The van der Waals surface area contributed by atoms with Crippen LogP contribution in [0, 0.1) is 5.92 Å². The van der Waals surface area contributed by atoms with E-state index in [0.29, 0.717) is 5.57 Å². The first-order valence-corrected chi connectivity index (χ1v) is 7.38. The van der Waals surface area contributed by atoms with Gasteiger partial charge >= 0.3 is 18.1 Å². The number of nitrogens with zero attached hydrogens (tertiary/aromatic N) is 2. The molecule has 0 N–H and O–H groups in total. The predicted molar refractivity (Wildman–Crippen MR) is 82.1 cm³/mol. The summed E-state index contributed by atoms with van der Waals surface area (Å²) in [6.45, 7) is 1.86. The molecule has 136 valence electrons. The van der Waals surface area contributed by atoms with Crippen molar-refractivity contribution < 1.29 is 32.2 Å². The van der Waals surface area contributed by atoms with Crippen LogP contribution in [0.5, 0.6) is 0 Å². The Morgan fingerprint density at radius 1 is 1.24 bits per heavy atom. The number of hydrogen-bond acceptors (Lipinski definition) is 6. The molecule has 1 aromatic rings. The molecule has 2 heterocycles. The number of carbonyl (C=O) groups excluding carboxylic acids is 2. The highest BCUT2D eigenvalue weighted by molar-refractivity contribution is 5.93. The molecule has 1 aromatic heterocycles. The van der Waals surface area contributed by atoms with Gasteiger partial charge in [0.2, 0.25) is 0 Å². The lowest BCUT2D eigenvalue weighted by Crippen LogP contribution is -2.38. The molecule has 1 aliphatic heterocycles. The van der Waals surface area contributed by atoms with Crippen molar-refractivity contribution in [1.29, 1.82) is 0 Å². The Hall–Kier alpha value is -2.58. The lowest BCUT2D eigenvalue weighted by Gasteiger charge is -2.32. The van der Waals surface area contributed by atoms with Crippen molar-refractivity contribution in [2.75, 3.05) is 32.2 Å². The molecular formula is C16H17F3N2O4. The third-order valence-corrected chi connectivity index (χ3v) is 3.90. The minimum absolute atomic E-state index is 0.0372. The normalized spacial score (nSPS) is 17.8. The first-order valence-electron chi connectivity index (χ1n) is 7.38. The van der Waals surface area contributed by atoms with Crippen molar-refractivity contribution >= 4 is 17.8 Å². The van der Waals surface area contributed by atoms with Gasteiger partial charge in [-0.1, -0.05) is 13.0 Å². The van der Waals surface area contributed by atoms with Gasteiger partial charge in [0, 0.05) is 30.8 Å². The van der Waals surface area contributed by atoms with Crippen molar-refractivity contribution in [3.05, 3.63) is 35.0 Å². The van der Waals surface area contributed by atoms with E-state index in [1.807, 2.05) is 0 Å². The van der Waals surface area contributed by atoms with Gasteiger partial charge in [-0.05, 0) is 6.07 Å². The molecule has 0 spiro atoms. The molecular weight excluding hydrogens is 341 g/mol. The van der Waals surface area contributed by atoms with E-state index in [-0.39, 0.29) is 24.8 Å². The summed E-state index contributed by atoms with van der Waals surface area (Å²) in [5, 5.41) is 0. The minimum Gasteiger partial charge on any atom is -0.466 e. The van der Waals surface area contributed by atoms with Crippen molar-refractivity contribution in [2.45, 2.75) is 13.1 Å². The fraction of sp³-hybridized carbons (Fsp3) is 0.438. The predicted octanol–water partition coefficient (Wildman–Crippen LogP) is 2.44. The molecule has 0 aromatic carbocycles. The maximum absolute atomic E-state index is 13.6. The van der Waals surface area contributed by atoms with Gasteiger partial charge in [0.25, 0.3) is 0 Å². The van der Waals surface area contributed by atoms with Crippen LogP contribution in [0.25, 0.3) is 0 Å². The highest BCUT2D eigenvalue weighted by Gasteiger charge is 2.41. The highest BCUT2D eigenvalue weighted by Crippen LogP contribution is 2.39. The molecule has 6 nitrogen and oxygen atoms in total. The first-order chi connectivity index (χ1) is 11.7. The lowest BCUT2D eigenvalue weighted by atomic mass is 9.96. The summed E-state index contributed by atoms with van der Waals surface area (Å²) in [6, 6.07) is 0.973. The third-order valence-electron chi connectivity index (χ3n) is 3.90. The Balaban J connectivity index is 2.49. The number of pyridine rings is 1. The van der Waals surface area contributed by atoms with Crippen LogP contribution in [-0.4, -0.2) is 44.2 Å². The summed E-state index contributed by atoms with van der Waals surface area (Å²) < 4.78 is 49.8. The molecule has 0 fully saturated rings. The number of anilines is 1. The Morgan fingerprint density at radius 3 is 2.40 bits per heavy atom. The molecule has 9 heteroatoms. The van der Waals surface area contributed by atoms with E-state index < -0.39 is 29.2 Å². The zero-order chi connectivity index (χ0) is 18.8. The average molecular weight is 358 g/mol. The maximum atomic E-state index is 13.6. The van der Waals surface area contributed by atoms with E-state index in [2.05, 4.69) is 14.5 Å². The van der Waals surface area contributed by atoms with Crippen molar-refractivity contribution in [3.63, 3.8) is 0 Å². The van der Waals surface area contributed by atoms with E-state index in [9.17, 15) is 22.8 Å². The monoisotopic (exact) mass is 358 g/mol. The molecule has 1 atom stereocenters. The molecule has 0 saturated carbocycles. The van der Waals surface area contributed by atoms with E-state index in [0.717, 1.165) is 19.4 Å². The lowest BCUT2D eigenvalue weighted by molar-refractivity contribution is -0.138. The number of carbonyl (C=O) groups is 2. The molecule has 0 bridgehead atoms. The molecule has 1 unspecified atom stereocenters. The fourth-order valence-corrected chi connectivity index (χ4v) is 2.74. The number of alkyl halides is 3. The molecule has 2 rings (SSSR count). The van der Waals surface area contributed by atoms with Crippen molar-refractivity contribution in [1.82, 2.24) is 4.98 Å². The maximum Gasteiger partial charge on any atom is 0.420 e. The van der Waals surface area contributed by atoms with Crippen LogP contribution in [0.4, 0.5) is 19.0 Å². The molecule has 0 saturated heterocycles. The molecule has 0 amide bonds. The Labute approximate surface area is 142 Å². The summed E-state index contributed by atoms with van der Waals surface area (Å²) in [5.41, 5.74) is -1.35. The third kappa shape index (κ3) is 3.75. The number of halogens is 3. The highest BCUT2D eigenvalue weighted by atomic mass is 19.4. The minimum atomic E-state index is -4.79. The Kier molecular flexibility index (Phi) is 5.34. The molecule has 1 aliphatic rings. The van der Waals surface area contributed by atoms with Crippen molar-refractivity contribution in [3.8, 4) is 0 Å². The van der Waals surface area contributed by atoms with Crippen LogP contribution in [0.2, 0.25) is 0 Å². The number of rotatable bonds is 3. The fourth-order valence-electron chi connectivity index (χ4n) is 2.74. The second-order valence-corrected chi connectivity index (χ2v) is 5.50. The van der Waals surface area contributed by atoms with Gasteiger partial charge in [-0.15, -0.1) is 0 Å². The van der Waals surface area contributed by atoms with E-state index >= 15 is 0 Å². The number of methoxy groups -OCH3 is 2. The Morgan fingerprint density at radius 2 is 1.88 bits per heavy atom. The van der Waals surface area contributed by atoms with Crippen LogP contribution in [0.15, 0.2) is 23.9 Å². The van der Waals surface area contributed by atoms with Crippen LogP contribution in [0.3, 0.4) is 0 Å². The summed E-state index contributed by atoms with van der Waals surface area (Å²) in [4.78, 5) is 28.6. The number of aromatic nitrogens is 1. The van der Waals surface area contributed by atoms with E-state index in [1.165, 1.54) is 18.1 Å². The summed E-state index contributed by atoms with van der Waals surface area (Å²) >= 11 is 0. The summed E-state index contributed by atoms with van der Waals surface area (Å²) in [5.74, 6) is -2.33. The van der Waals surface area contributed by atoms with E-state index in [1.54, 1.807) is 6.92 Å². The van der Waals surface area contributed by atoms with Gasteiger partial charge in [0.05, 0.1) is 19.8 Å². The zero-order valence-electron chi connectivity index (χ0n) is 13.9. The summed E-state index contributed by atoms with van der Waals surface area (Å²) in [7, 11) is 2.25. The van der Waals surface area contributed by atoms with Crippen molar-refractivity contribution in [2.24, 2.45) is 5.92 Å². The zero-order valence-corrected chi connectivity index (χ0v) is 13.9. The van der Waals surface area contributed by atoms with Gasteiger partial charge in [-0.2, -0.15) is 13.2 Å². The summed E-state index contributed by atoms with van der Waals surface area (Å²) in [6.07, 6.45) is -2.16. The van der Waals surface area contributed by atoms with E-state index in [4.69, 9.17) is 0 Å². The SMILES string of the molecule is COC(=O)C1=CCN(c2nccc(C(=O)OC)c2C(F)(F)F)CC1C. The van der Waals surface area contributed by atoms with Crippen LogP contribution >= 0.6 is 0 Å². The standard InChI is InChI=1S/C16H17F3N2O4/c1-9-8-21(7-5-10(9)14(22)24-2)13-12(16(17,18)19)11(4-6-20-13)15(23)25-3/h4-6,9H,7-8H2,1-3H3. The van der Waals surface area contributed by atoms with Crippen LogP contribution in [-0.2, 0) is 20.4 Å². The molecule has 0 aliphatic carbocycles. The van der Waals surface area contributed by atoms with Gasteiger partial charge in [0.15, 0.2) is 0 Å². The van der Waals surface area contributed by atoms with Crippen LogP contribution in [0.1, 0.15) is 22.8 Å². The topological polar surface area (TPSA) is 68.7 Å². The first kappa shape index (κ1) is 18.8. The largest absolute Gasteiger partial charge is 0.466 e. The molecule has 0 radical (unpaired) electrons. The number of esters is 2. The number of hydrogen-bond donors (Lipinski definition) is 0. The van der Waals surface area contributed by atoms with Gasteiger partial charge in [-0.3, -0.25) is 0 Å². The second-order valence-electron chi connectivity index (χ2n) is 5.50.